The lowest BCUT2D eigenvalue weighted by Crippen LogP contribution is -2.14. The van der Waals surface area contributed by atoms with Gasteiger partial charge in [0.25, 0.3) is 5.91 Å². The second kappa shape index (κ2) is 13.4. The minimum atomic E-state index is -0.611. The second-order valence-corrected chi connectivity index (χ2v) is 10.5. The monoisotopic (exact) mass is 597 g/mol. The minimum absolute atomic E-state index is 0.0576. The van der Waals surface area contributed by atoms with Gasteiger partial charge in [-0.1, -0.05) is 23.7 Å². The zero-order chi connectivity index (χ0) is 31.2. The average Bonchev–Trinajstić information content (AvgIpc) is 3.54. The highest BCUT2D eigenvalue weighted by Gasteiger charge is 2.20. The summed E-state index contributed by atoms with van der Waals surface area (Å²) in [6, 6.07) is 11.1. The summed E-state index contributed by atoms with van der Waals surface area (Å²) >= 11 is 0. The number of methoxy groups -OCH3 is 1. The van der Waals surface area contributed by atoms with Gasteiger partial charge in [0.2, 0.25) is 5.91 Å². The summed E-state index contributed by atoms with van der Waals surface area (Å²) in [5.41, 5.74) is 7.23. The number of aryl methyl sites for hydroxylation is 3. The molecule has 0 atom stereocenters. The van der Waals surface area contributed by atoms with Crippen molar-refractivity contribution in [1.29, 1.82) is 0 Å². The molecule has 12 nitrogen and oxygen atoms in total. The Morgan fingerprint density at radius 2 is 1.86 bits per heavy atom. The van der Waals surface area contributed by atoms with Gasteiger partial charge >= 0.3 is 0 Å². The van der Waals surface area contributed by atoms with E-state index in [0.29, 0.717) is 30.2 Å². The van der Waals surface area contributed by atoms with Crippen LogP contribution in [0.2, 0.25) is 0 Å². The number of carbonyl (C=O) groups is 2. The van der Waals surface area contributed by atoms with Gasteiger partial charge in [-0.3, -0.25) is 14.8 Å². The number of carbonyl (C=O) groups excluding carboxylic acids is 2. The molecule has 0 aliphatic rings. The number of amides is 2. The van der Waals surface area contributed by atoms with Crippen molar-refractivity contribution in [1.82, 2.24) is 25.6 Å². The van der Waals surface area contributed by atoms with Gasteiger partial charge in [-0.2, -0.15) is 0 Å². The summed E-state index contributed by atoms with van der Waals surface area (Å²) in [6.07, 6.45) is 5.66. The first-order valence-electron chi connectivity index (χ1n) is 14.3. The maximum absolute atomic E-state index is 12.4. The number of unbranched alkanes of at least 4 members (excludes halogenated alkanes) is 2. The molecule has 228 valence electrons. The lowest BCUT2D eigenvalue weighted by Gasteiger charge is -2.10. The molecule has 2 aromatic carbocycles. The van der Waals surface area contributed by atoms with Crippen LogP contribution in [0.5, 0.6) is 5.75 Å². The number of hydrogen-bond acceptors (Lipinski definition) is 9. The number of ether oxygens (including phenoxy) is 1. The van der Waals surface area contributed by atoms with Crippen molar-refractivity contribution >= 4 is 51.3 Å². The molecular weight excluding hydrogens is 562 g/mol. The topological polar surface area (TPSA) is 167 Å². The first-order chi connectivity index (χ1) is 21.3. The average molecular weight is 598 g/mol. The fraction of sp³-hybridized carbons (Fsp3) is 0.281. The first-order valence-corrected chi connectivity index (χ1v) is 14.3. The van der Waals surface area contributed by atoms with E-state index < -0.39 is 5.91 Å². The van der Waals surface area contributed by atoms with E-state index in [1.807, 2.05) is 32.9 Å². The van der Waals surface area contributed by atoms with E-state index in [1.165, 1.54) is 11.6 Å². The molecule has 0 spiro atoms. The lowest BCUT2D eigenvalue weighted by atomic mass is 10.0. The second-order valence-electron chi connectivity index (χ2n) is 10.5. The summed E-state index contributed by atoms with van der Waals surface area (Å²) in [5, 5.41) is 20.9. The Morgan fingerprint density at radius 1 is 1.07 bits per heavy atom. The van der Waals surface area contributed by atoms with E-state index in [0.717, 1.165) is 75.2 Å². The highest BCUT2D eigenvalue weighted by molar-refractivity contribution is 6.12. The Hall–Kier alpha value is -5.23. The molecule has 12 heteroatoms. The third kappa shape index (κ3) is 6.70. The molecule has 5 rings (SSSR count). The lowest BCUT2D eigenvalue weighted by molar-refractivity contribution is -0.124. The molecule has 0 saturated carbocycles. The SMILES string of the molecule is COc1cc2c(cc1-c1c(C)noc1C)[nH]c1nc(C)nc(NCCCCCC(=O)Nc3ccc(/C=C/C(=O)NO)cc3)c12. The van der Waals surface area contributed by atoms with Gasteiger partial charge in [0.1, 0.15) is 28.8 Å². The number of aromatic nitrogens is 4. The van der Waals surface area contributed by atoms with Crippen LogP contribution >= 0.6 is 0 Å². The third-order valence-electron chi connectivity index (χ3n) is 7.29. The Bertz CT molecular complexity index is 1820. The molecule has 3 aromatic heterocycles. The van der Waals surface area contributed by atoms with Gasteiger partial charge in [0.15, 0.2) is 0 Å². The van der Waals surface area contributed by atoms with Gasteiger partial charge in [0, 0.05) is 41.2 Å². The van der Waals surface area contributed by atoms with Crippen molar-refractivity contribution in [2.75, 3.05) is 24.3 Å². The molecule has 0 unspecified atom stereocenters. The Labute approximate surface area is 253 Å². The highest BCUT2D eigenvalue weighted by Crippen LogP contribution is 2.40. The standard InChI is InChI=1S/C32H35N7O5/c1-18-29(19(2)44-39-18)24-16-25-23(17-26(24)43-4)30-31(34-20(3)35-32(30)37-25)33-15-7-5-6-8-27(40)36-22-12-9-21(10-13-22)11-14-28(41)38-42/h9-14,16-17,42H,5-8,15H2,1-4H3,(H,36,40)(H,38,41)(H2,33,34,35,37)/b14-11+. The van der Waals surface area contributed by atoms with Crippen molar-refractivity contribution in [3.05, 3.63) is 65.3 Å². The van der Waals surface area contributed by atoms with E-state index >= 15 is 0 Å². The minimum Gasteiger partial charge on any atom is -0.496 e. The van der Waals surface area contributed by atoms with Crippen molar-refractivity contribution in [3.8, 4) is 16.9 Å². The summed E-state index contributed by atoms with van der Waals surface area (Å²) in [7, 11) is 1.65. The van der Waals surface area contributed by atoms with E-state index in [-0.39, 0.29) is 5.91 Å². The fourth-order valence-electron chi connectivity index (χ4n) is 5.20. The molecule has 3 heterocycles. The van der Waals surface area contributed by atoms with Crippen LogP contribution in [0.1, 0.15) is 48.5 Å². The van der Waals surface area contributed by atoms with Crippen LogP contribution in [-0.4, -0.2) is 50.8 Å². The molecule has 44 heavy (non-hydrogen) atoms. The van der Waals surface area contributed by atoms with Gasteiger partial charge in [0.05, 0.1) is 23.8 Å². The van der Waals surface area contributed by atoms with Crippen molar-refractivity contribution < 1.29 is 24.1 Å². The Kier molecular flexibility index (Phi) is 9.20. The summed E-state index contributed by atoms with van der Waals surface area (Å²) in [5.74, 6) is 2.16. The molecule has 0 bridgehead atoms. The molecule has 5 N–H and O–H groups in total. The van der Waals surface area contributed by atoms with Crippen LogP contribution in [0.4, 0.5) is 11.5 Å². The summed E-state index contributed by atoms with van der Waals surface area (Å²) in [4.78, 5) is 36.3. The van der Waals surface area contributed by atoms with Gasteiger partial charge < -0.3 is 24.9 Å². The van der Waals surface area contributed by atoms with Gasteiger partial charge in [-0.05, 0) is 69.5 Å². The molecule has 5 aromatic rings. The number of nitrogens with one attached hydrogen (secondary N) is 4. The van der Waals surface area contributed by atoms with Gasteiger partial charge in [-0.25, -0.2) is 15.4 Å². The van der Waals surface area contributed by atoms with Crippen molar-refractivity contribution in [3.63, 3.8) is 0 Å². The first kappa shape index (κ1) is 30.2. The third-order valence-corrected chi connectivity index (χ3v) is 7.29. The van der Waals surface area contributed by atoms with Crippen LogP contribution < -0.4 is 20.9 Å². The van der Waals surface area contributed by atoms with E-state index in [9.17, 15) is 9.59 Å². The molecule has 0 radical (unpaired) electrons. The highest BCUT2D eigenvalue weighted by atomic mass is 16.5. The van der Waals surface area contributed by atoms with E-state index in [2.05, 4.69) is 25.8 Å². The Morgan fingerprint density at radius 3 is 2.57 bits per heavy atom. The molecule has 0 saturated heterocycles. The number of H-pyrrole nitrogens is 1. The summed E-state index contributed by atoms with van der Waals surface area (Å²) in [6.45, 7) is 6.35. The molecule has 0 aliphatic heterocycles. The Balaban J connectivity index is 1.18. The molecular formula is C32H35N7O5. The molecule has 2 amide bonds. The number of fused-ring (bicyclic) bond motifs is 3. The summed E-state index contributed by atoms with van der Waals surface area (Å²) < 4.78 is 11.2. The van der Waals surface area contributed by atoms with Crippen LogP contribution in [0.3, 0.4) is 0 Å². The maximum Gasteiger partial charge on any atom is 0.267 e. The van der Waals surface area contributed by atoms with Crippen molar-refractivity contribution in [2.45, 2.75) is 46.5 Å². The smallest absolute Gasteiger partial charge is 0.267 e. The van der Waals surface area contributed by atoms with Crippen LogP contribution in [-0.2, 0) is 9.59 Å². The van der Waals surface area contributed by atoms with E-state index in [1.54, 1.807) is 37.5 Å². The van der Waals surface area contributed by atoms with E-state index in [4.69, 9.17) is 19.5 Å². The number of anilines is 2. The van der Waals surface area contributed by atoms with Crippen LogP contribution in [0.25, 0.3) is 39.1 Å². The number of hydrogen-bond donors (Lipinski definition) is 5. The number of nitrogens with zero attached hydrogens (tertiary/aromatic N) is 3. The number of rotatable bonds is 12. The fourth-order valence-corrected chi connectivity index (χ4v) is 5.20. The maximum atomic E-state index is 12.4. The largest absolute Gasteiger partial charge is 0.496 e. The zero-order valence-corrected chi connectivity index (χ0v) is 25.1. The van der Waals surface area contributed by atoms with Gasteiger partial charge in [-0.15, -0.1) is 0 Å². The molecule has 0 fully saturated rings. The zero-order valence-electron chi connectivity index (χ0n) is 25.1. The quantitative estimate of drug-likeness (QED) is 0.0514. The van der Waals surface area contributed by atoms with Crippen molar-refractivity contribution in [2.24, 2.45) is 0 Å². The number of aromatic amines is 1. The predicted octanol–water partition coefficient (Wildman–Crippen LogP) is 5.83. The predicted molar refractivity (Wildman–Crippen MR) is 169 cm³/mol. The van der Waals surface area contributed by atoms with Crippen LogP contribution in [0, 0.1) is 20.8 Å². The normalized spacial score (nSPS) is 11.4. The molecule has 0 aliphatic carbocycles. The van der Waals surface area contributed by atoms with Crippen LogP contribution in [0.15, 0.2) is 47.0 Å². The number of hydroxylamine groups is 1. The number of benzene rings is 2.